The first-order chi connectivity index (χ1) is 24.2. The fourth-order valence-corrected chi connectivity index (χ4v) is 6.17. The average molecular weight is 545 g/mol. The van der Waals surface area contributed by atoms with E-state index < -0.39 is 24.2 Å². The number of furan rings is 2. The van der Waals surface area contributed by atoms with Gasteiger partial charge in [0.2, 0.25) is 0 Å². The molecule has 0 saturated heterocycles. The Hall–Kier alpha value is -5.60. The minimum Gasteiger partial charge on any atom is -0.460 e. The van der Waals surface area contributed by atoms with Crippen molar-refractivity contribution in [2.45, 2.75) is 0 Å². The fourth-order valence-electron chi connectivity index (χ4n) is 6.17. The van der Waals surface area contributed by atoms with Crippen molar-refractivity contribution in [1.29, 1.82) is 0 Å². The lowest BCUT2D eigenvalue weighted by atomic mass is 9.85. The zero-order chi connectivity index (χ0) is 34.6. The molecule has 42 heavy (non-hydrogen) atoms. The summed E-state index contributed by atoms with van der Waals surface area (Å²) in [6, 6.07) is 25.2. The maximum Gasteiger partial charge on any atom is 0.178 e. The molecule has 2 nitrogen and oxygen atoms in total. The van der Waals surface area contributed by atoms with Gasteiger partial charge < -0.3 is 8.83 Å². The number of hydrogen-bond acceptors (Lipinski definition) is 2. The van der Waals surface area contributed by atoms with Gasteiger partial charge in [0.15, 0.2) is 11.2 Å². The van der Waals surface area contributed by atoms with Gasteiger partial charge in [0, 0.05) is 32.8 Å². The number of rotatable bonds is 3. The largest absolute Gasteiger partial charge is 0.460 e. The number of benzene rings is 7. The van der Waals surface area contributed by atoms with E-state index in [9.17, 15) is 2.74 Å². The minimum absolute atomic E-state index is 0.134. The highest BCUT2D eigenvalue weighted by atomic mass is 16.4. The van der Waals surface area contributed by atoms with E-state index in [1.165, 1.54) is 0 Å². The first kappa shape index (κ1) is 16.6. The Morgan fingerprint density at radius 2 is 0.976 bits per heavy atom. The predicted molar refractivity (Wildman–Crippen MR) is 175 cm³/mol. The van der Waals surface area contributed by atoms with Crippen molar-refractivity contribution in [2.75, 3.05) is 0 Å². The maximum absolute atomic E-state index is 9.25. The van der Waals surface area contributed by atoms with Crippen LogP contribution in [0.1, 0.15) is 11.0 Å². The standard InChI is InChI=1S/C40H24O2/c1-3-12-25(13-4-1)35-24-41-39-33(35)23-22-32-31-20-11-21-34(38(31)42-40(32)39)37-29-18-9-7-16-27(29)36(26-14-5-2-6-15-26)28-17-8-10-19-30(28)37/h1-24H/i7D,8D,9D,10D,16D,17D,18D,19D. The third kappa shape index (κ3) is 3.27. The van der Waals surface area contributed by atoms with Crippen LogP contribution in [0.2, 0.25) is 0 Å². The van der Waals surface area contributed by atoms with Crippen molar-refractivity contribution in [2.24, 2.45) is 0 Å². The molecule has 9 rings (SSSR count). The van der Waals surface area contributed by atoms with E-state index in [0.717, 1.165) is 21.9 Å². The van der Waals surface area contributed by atoms with Crippen LogP contribution in [-0.4, -0.2) is 0 Å². The summed E-state index contributed by atoms with van der Waals surface area (Å²) in [5.41, 5.74) is 4.84. The average Bonchev–Trinajstić information content (AvgIpc) is 3.76. The molecule has 0 atom stereocenters. The van der Waals surface area contributed by atoms with Crippen molar-refractivity contribution in [3.8, 4) is 33.4 Å². The van der Waals surface area contributed by atoms with Crippen molar-refractivity contribution in [3.05, 3.63) is 146 Å². The predicted octanol–water partition coefficient (Wildman–Crippen LogP) is 11.6. The molecule has 0 fully saturated rings. The molecular formula is C40H24O2. The van der Waals surface area contributed by atoms with Gasteiger partial charge in [-0.25, -0.2) is 0 Å². The first-order valence-corrected chi connectivity index (χ1v) is 13.6. The van der Waals surface area contributed by atoms with Gasteiger partial charge in [-0.1, -0.05) is 127 Å². The van der Waals surface area contributed by atoms with Crippen LogP contribution in [-0.2, 0) is 0 Å². The van der Waals surface area contributed by atoms with E-state index in [2.05, 4.69) is 0 Å². The zero-order valence-corrected chi connectivity index (χ0v) is 22.1. The second-order valence-electron chi connectivity index (χ2n) is 10.2. The van der Waals surface area contributed by atoms with E-state index in [1.807, 2.05) is 60.7 Å². The van der Waals surface area contributed by atoms with Gasteiger partial charge in [-0.2, -0.15) is 0 Å². The molecule has 2 heterocycles. The molecule has 0 aliphatic heterocycles. The van der Waals surface area contributed by atoms with Gasteiger partial charge in [0.25, 0.3) is 0 Å². The van der Waals surface area contributed by atoms with Gasteiger partial charge in [0.05, 0.1) is 17.2 Å². The minimum atomic E-state index is -0.453. The van der Waals surface area contributed by atoms with E-state index in [4.69, 9.17) is 17.1 Å². The van der Waals surface area contributed by atoms with Crippen LogP contribution < -0.4 is 0 Å². The molecule has 0 aliphatic rings. The van der Waals surface area contributed by atoms with Crippen LogP contribution in [0.15, 0.2) is 154 Å². The van der Waals surface area contributed by atoms with Crippen LogP contribution >= 0.6 is 0 Å². The molecule has 196 valence electrons. The summed E-state index contributed by atoms with van der Waals surface area (Å²) in [5.74, 6) is 0. The smallest absolute Gasteiger partial charge is 0.178 e. The second kappa shape index (κ2) is 8.95. The first-order valence-electron chi connectivity index (χ1n) is 17.6. The van der Waals surface area contributed by atoms with Gasteiger partial charge in [-0.15, -0.1) is 0 Å². The van der Waals surface area contributed by atoms with Crippen LogP contribution in [0.4, 0.5) is 0 Å². The summed E-state index contributed by atoms with van der Waals surface area (Å²) in [6.45, 7) is 0. The molecule has 0 bridgehead atoms. The Balaban J connectivity index is 1.50. The van der Waals surface area contributed by atoms with Gasteiger partial charge in [-0.3, -0.25) is 0 Å². The molecule has 0 saturated carbocycles. The molecule has 7 aromatic carbocycles. The van der Waals surface area contributed by atoms with Crippen molar-refractivity contribution >= 4 is 54.5 Å². The molecule has 0 N–H and O–H groups in total. The van der Waals surface area contributed by atoms with Crippen molar-refractivity contribution < 1.29 is 19.8 Å². The summed E-state index contributed by atoms with van der Waals surface area (Å²) in [5, 5.41) is 2.92. The SMILES string of the molecule is [2H]c1c([2H])c([2H])c2c(-c3cccc4c3oc3c4ccc4c(-c5ccccc5)coc43)c3c([2H])c([2H])c([2H])c([2H])c3c(-c3ccccc3)c2c1[2H]. The topological polar surface area (TPSA) is 26.3 Å². The van der Waals surface area contributed by atoms with Crippen LogP contribution in [0, 0.1) is 0 Å². The Bertz CT molecular complexity index is 2810. The van der Waals surface area contributed by atoms with E-state index in [1.54, 1.807) is 36.6 Å². The van der Waals surface area contributed by atoms with E-state index in [0.29, 0.717) is 38.8 Å². The highest BCUT2D eigenvalue weighted by Gasteiger charge is 2.22. The highest BCUT2D eigenvalue weighted by Crippen LogP contribution is 2.47. The monoisotopic (exact) mass is 544 g/mol. The lowest BCUT2D eigenvalue weighted by Gasteiger charge is -2.17. The Morgan fingerprint density at radius 1 is 0.405 bits per heavy atom. The summed E-state index contributed by atoms with van der Waals surface area (Å²) >= 11 is 0. The maximum atomic E-state index is 9.25. The quantitative estimate of drug-likeness (QED) is 0.207. The summed E-state index contributed by atoms with van der Waals surface area (Å²) in [7, 11) is 0. The van der Waals surface area contributed by atoms with Crippen LogP contribution in [0.25, 0.3) is 87.8 Å². The summed E-state index contributed by atoms with van der Waals surface area (Å²) in [4.78, 5) is 0. The molecule has 9 aromatic rings. The van der Waals surface area contributed by atoms with Gasteiger partial charge >= 0.3 is 0 Å². The number of para-hydroxylation sites is 1. The second-order valence-corrected chi connectivity index (χ2v) is 10.2. The van der Waals surface area contributed by atoms with Gasteiger partial charge in [0.1, 0.15) is 5.58 Å². The fraction of sp³-hybridized carbons (Fsp3) is 0. The van der Waals surface area contributed by atoms with Crippen LogP contribution in [0.5, 0.6) is 0 Å². The lowest BCUT2D eigenvalue weighted by molar-refractivity contribution is 0.601. The Morgan fingerprint density at radius 3 is 1.64 bits per heavy atom. The van der Waals surface area contributed by atoms with E-state index >= 15 is 0 Å². The van der Waals surface area contributed by atoms with Gasteiger partial charge in [-0.05, 0) is 50.4 Å². The normalized spacial score (nSPS) is 14.5. The van der Waals surface area contributed by atoms with Crippen molar-refractivity contribution in [1.82, 2.24) is 0 Å². The summed E-state index contributed by atoms with van der Waals surface area (Å²) < 4.78 is 84.4. The molecule has 2 heteroatoms. The number of hydrogen-bond donors (Lipinski definition) is 0. The molecule has 0 aliphatic carbocycles. The Kier molecular flexibility index (Phi) is 3.54. The third-order valence-corrected chi connectivity index (χ3v) is 8.00. The number of fused-ring (bicyclic) bond motifs is 7. The van der Waals surface area contributed by atoms with E-state index in [-0.39, 0.29) is 51.3 Å². The molecule has 0 radical (unpaired) electrons. The molecule has 2 aromatic heterocycles. The molecule has 0 amide bonds. The lowest BCUT2D eigenvalue weighted by Crippen LogP contribution is -1.90. The molecule has 0 unspecified atom stereocenters. The molecular weight excluding hydrogens is 512 g/mol. The molecule has 0 spiro atoms. The highest BCUT2D eigenvalue weighted by molar-refractivity contribution is 6.25. The Labute approximate surface area is 253 Å². The summed E-state index contributed by atoms with van der Waals surface area (Å²) in [6.07, 6.45) is 1.70. The van der Waals surface area contributed by atoms with Crippen molar-refractivity contribution in [3.63, 3.8) is 0 Å². The zero-order valence-electron chi connectivity index (χ0n) is 30.1. The third-order valence-electron chi connectivity index (χ3n) is 8.00. The van der Waals surface area contributed by atoms with Crippen LogP contribution in [0.3, 0.4) is 0 Å².